The van der Waals surface area contributed by atoms with Crippen LogP contribution in [-0.4, -0.2) is 65.4 Å². The Morgan fingerprint density at radius 1 is 1.21 bits per heavy atom. The predicted molar refractivity (Wildman–Crippen MR) is 94.3 cm³/mol. The fourth-order valence-electron chi connectivity index (χ4n) is 2.65. The molecule has 0 radical (unpaired) electrons. The van der Waals surface area contributed by atoms with E-state index in [9.17, 15) is 14.4 Å². The van der Waals surface area contributed by atoms with Crippen molar-refractivity contribution < 1.29 is 9.59 Å². The first kappa shape index (κ1) is 18.7. The molecule has 1 aromatic heterocycles. The van der Waals surface area contributed by atoms with Gasteiger partial charge in [-0.2, -0.15) is 0 Å². The highest BCUT2D eigenvalue weighted by molar-refractivity contribution is 7.07. The van der Waals surface area contributed by atoms with Gasteiger partial charge < -0.3 is 10.2 Å². The van der Waals surface area contributed by atoms with Crippen LogP contribution in [0.5, 0.6) is 0 Å². The van der Waals surface area contributed by atoms with E-state index in [4.69, 9.17) is 0 Å². The molecule has 0 saturated carbocycles. The van der Waals surface area contributed by atoms with Crippen molar-refractivity contribution in [2.24, 2.45) is 0 Å². The van der Waals surface area contributed by atoms with Crippen LogP contribution in [0.25, 0.3) is 0 Å². The zero-order valence-electron chi connectivity index (χ0n) is 14.4. The summed E-state index contributed by atoms with van der Waals surface area (Å²) in [5.74, 6) is 0.00863. The largest absolute Gasteiger partial charge is 0.355 e. The minimum atomic E-state index is -0.0942. The Morgan fingerprint density at radius 3 is 2.50 bits per heavy atom. The molecule has 0 bridgehead atoms. The summed E-state index contributed by atoms with van der Waals surface area (Å²) in [7, 11) is 0. The Bertz CT molecular complexity index is 617. The fraction of sp³-hybridized carbons (Fsp3) is 0.688. The summed E-state index contributed by atoms with van der Waals surface area (Å²) in [5.41, 5.74) is 0.820. The van der Waals surface area contributed by atoms with Crippen LogP contribution in [-0.2, 0) is 16.1 Å². The van der Waals surface area contributed by atoms with Crippen molar-refractivity contribution in [2.45, 2.75) is 33.2 Å². The molecule has 1 aromatic rings. The number of aryl methyl sites for hydroxylation is 1. The Labute approximate surface area is 146 Å². The maximum atomic E-state index is 12.3. The Balaban J connectivity index is 1.75. The minimum Gasteiger partial charge on any atom is -0.355 e. The average Bonchev–Trinajstić information content (AvgIpc) is 2.87. The van der Waals surface area contributed by atoms with Gasteiger partial charge in [-0.1, -0.05) is 24.7 Å². The van der Waals surface area contributed by atoms with Crippen molar-refractivity contribution in [3.63, 3.8) is 0 Å². The van der Waals surface area contributed by atoms with Gasteiger partial charge in [0.2, 0.25) is 11.8 Å². The molecule has 134 valence electrons. The second kappa shape index (κ2) is 8.98. The first-order valence-electron chi connectivity index (χ1n) is 8.43. The van der Waals surface area contributed by atoms with Crippen molar-refractivity contribution in [3.8, 4) is 0 Å². The number of piperazine rings is 1. The number of nitrogens with zero attached hydrogens (tertiary/aromatic N) is 3. The Hall–Kier alpha value is -1.67. The summed E-state index contributed by atoms with van der Waals surface area (Å²) in [6.07, 6.45) is 2.06. The Kier molecular flexibility index (Phi) is 6.99. The van der Waals surface area contributed by atoms with E-state index in [1.54, 1.807) is 10.3 Å². The van der Waals surface area contributed by atoms with Gasteiger partial charge in [0.15, 0.2) is 0 Å². The van der Waals surface area contributed by atoms with Crippen LogP contribution in [0.4, 0.5) is 0 Å². The smallest absolute Gasteiger partial charge is 0.307 e. The summed E-state index contributed by atoms with van der Waals surface area (Å²) in [5, 5.41) is 4.68. The summed E-state index contributed by atoms with van der Waals surface area (Å²) >= 11 is 1.12. The molecule has 8 heteroatoms. The van der Waals surface area contributed by atoms with E-state index in [1.807, 2.05) is 6.92 Å². The van der Waals surface area contributed by atoms with Crippen LogP contribution in [0, 0.1) is 6.92 Å². The molecule has 7 nitrogen and oxygen atoms in total. The molecule has 1 saturated heterocycles. The maximum absolute atomic E-state index is 12.3. The van der Waals surface area contributed by atoms with Gasteiger partial charge in [-0.3, -0.25) is 23.9 Å². The minimum absolute atomic E-state index is 0.0364. The van der Waals surface area contributed by atoms with Gasteiger partial charge in [-0.25, -0.2) is 0 Å². The fourth-order valence-corrected chi connectivity index (χ4v) is 3.38. The van der Waals surface area contributed by atoms with Crippen LogP contribution in [0.3, 0.4) is 0 Å². The van der Waals surface area contributed by atoms with E-state index in [1.165, 1.54) is 4.57 Å². The summed E-state index contributed by atoms with van der Waals surface area (Å²) in [6.45, 7) is 7.70. The topological polar surface area (TPSA) is 74.7 Å². The molecule has 2 amide bonds. The standard InChI is InChI=1S/C16H26N4O3S/c1-3-4-5-17-14(21)10-18-6-8-19(9-7-18)15(22)11-20-13(2)12-24-16(20)23/h12H,3-11H2,1-2H3,(H,17,21). The van der Waals surface area contributed by atoms with E-state index in [2.05, 4.69) is 17.1 Å². The van der Waals surface area contributed by atoms with Crippen molar-refractivity contribution >= 4 is 23.2 Å². The van der Waals surface area contributed by atoms with E-state index in [0.29, 0.717) is 32.7 Å². The number of amides is 2. The van der Waals surface area contributed by atoms with Crippen LogP contribution in [0.2, 0.25) is 0 Å². The highest BCUT2D eigenvalue weighted by atomic mass is 32.1. The van der Waals surface area contributed by atoms with Crippen LogP contribution >= 0.6 is 11.3 Å². The number of thiazole rings is 1. The van der Waals surface area contributed by atoms with Crippen LogP contribution in [0.15, 0.2) is 10.2 Å². The highest BCUT2D eigenvalue weighted by Crippen LogP contribution is 2.05. The lowest BCUT2D eigenvalue weighted by Gasteiger charge is -2.34. The molecule has 1 aliphatic heterocycles. The number of rotatable bonds is 7. The number of aromatic nitrogens is 1. The SMILES string of the molecule is CCCCNC(=O)CN1CCN(C(=O)Cn2c(C)csc2=O)CC1. The molecular weight excluding hydrogens is 328 g/mol. The molecule has 1 aliphatic rings. The highest BCUT2D eigenvalue weighted by Gasteiger charge is 2.23. The predicted octanol–water partition coefficient (Wildman–Crippen LogP) is 0.279. The van der Waals surface area contributed by atoms with Crippen molar-refractivity contribution in [3.05, 3.63) is 20.7 Å². The first-order valence-corrected chi connectivity index (χ1v) is 9.31. The monoisotopic (exact) mass is 354 g/mol. The molecule has 24 heavy (non-hydrogen) atoms. The van der Waals surface area contributed by atoms with Gasteiger partial charge in [0.05, 0.1) is 6.54 Å². The van der Waals surface area contributed by atoms with Gasteiger partial charge in [-0.15, -0.1) is 0 Å². The third kappa shape index (κ3) is 5.17. The second-order valence-corrected chi connectivity index (χ2v) is 6.91. The van der Waals surface area contributed by atoms with Crippen molar-refractivity contribution in [2.75, 3.05) is 39.3 Å². The molecule has 0 unspecified atom stereocenters. The summed E-state index contributed by atoms with van der Waals surface area (Å²) < 4.78 is 1.51. The van der Waals surface area contributed by atoms with Gasteiger partial charge >= 0.3 is 4.87 Å². The number of hydrogen-bond donors (Lipinski definition) is 1. The molecule has 0 aromatic carbocycles. The zero-order valence-corrected chi connectivity index (χ0v) is 15.2. The number of carbonyl (C=O) groups excluding carboxylic acids is 2. The molecule has 0 atom stereocenters. The van der Waals surface area contributed by atoms with E-state index in [0.717, 1.165) is 36.4 Å². The quantitative estimate of drug-likeness (QED) is 0.714. The zero-order chi connectivity index (χ0) is 17.5. The van der Waals surface area contributed by atoms with E-state index >= 15 is 0 Å². The number of carbonyl (C=O) groups is 2. The normalized spacial score (nSPS) is 15.5. The number of hydrogen-bond acceptors (Lipinski definition) is 5. The molecular formula is C16H26N4O3S. The Morgan fingerprint density at radius 2 is 1.92 bits per heavy atom. The molecule has 1 fully saturated rings. The lowest BCUT2D eigenvalue weighted by molar-refractivity contribution is -0.134. The maximum Gasteiger partial charge on any atom is 0.307 e. The van der Waals surface area contributed by atoms with Gasteiger partial charge in [0.1, 0.15) is 6.54 Å². The molecule has 2 rings (SSSR count). The van der Waals surface area contributed by atoms with E-state index < -0.39 is 0 Å². The first-order chi connectivity index (χ1) is 11.5. The average molecular weight is 354 g/mol. The van der Waals surface area contributed by atoms with Gasteiger partial charge in [0, 0.05) is 43.8 Å². The molecule has 2 heterocycles. The lowest BCUT2D eigenvalue weighted by atomic mass is 10.3. The lowest BCUT2D eigenvalue weighted by Crippen LogP contribution is -2.52. The van der Waals surface area contributed by atoms with Crippen LogP contribution < -0.4 is 10.2 Å². The summed E-state index contributed by atoms with van der Waals surface area (Å²) in [6, 6.07) is 0. The van der Waals surface area contributed by atoms with E-state index in [-0.39, 0.29) is 23.2 Å². The molecule has 0 aliphatic carbocycles. The number of unbranched alkanes of at least 4 members (excludes halogenated alkanes) is 1. The second-order valence-electron chi connectivity index (χ2n) is 6.09. The molecule has 0 spiro atoms. The third-order valence-electron chi connectivity index (χ3n) is 4.21. The summed E-state index contributed by atoms with van der Waals surface area (Å²) in [4.78, 5) is 39.6. The van der Waals surface area contributed by atoms with Crippen molar-refractivity contribution in [1.82, 2.24) is 19.7 Å². The van der Waals surface area contributed by atoms with Gasteiger partial charge in [-0.05, 0) is 13.3 Å². The number of nitrogens with one attached hydrogen (secondary N) is 1. The third-order valence-corrected chi connectivity index (χ3v) is 5.10. The molecule has 1 N–H and O–H groups in total. The van der Waals surface area contributed by atoms with Crippen molar-refractivity contribution in [1.29, 1.82) is 0 Å². The van der Waals surface area contributed by atoms with Gasteiger partial charge in [0.25, 0.3) is 0 Å². The van der Waals surface area contributed by atoms with Crippen LogP contribution in [0.1, 0.15) is 25.5 Å².